The molecule has 0 aliphatic heterocycles. The zero-order valence-corrected chi connectivity index (χ0v) is 12.2. The van der Waals surface area contributed by atoms with E-state index in [0.29, 0.717) is 12.5 Å². The van der Waals surface area contributed by atoms with Crippen molar-refractivity contribution >= 4 is 12.0 Å². The van der Waals surface area contributed by atoms with Gasteiger partial charge in [0, 0.05) is 0 Å². The zero-order valence-electron chi connectivity index (χ0n) is 12.2. The molecule has 1 aromatic carbocycles. The second-order valence-electron chi connectivity index (χ2n) is 4.94. The molecule has 0 aromatic heterocycles. The van der Waals surface area contributed by atoms with Gasteiger partial charge in [0.25, 0.3) is 6.02 Å². The van der Waals surface area contributed by atoms with Crippen LogP contribution in [0.4, 0.5) is 0 Å². The van der Waals surface area contributed by atoms with Gasteiger partial charge in [-0.3, -0.25) is 0 Å². The quantitative estimate of drug-likeness (QED) is 0.491. The van der Waals surface area contributed by atoms with E-state index in [0.717, 1.165) is 5.56 Å². The monoisotopic (exact) mass is 278 g/mol. The van der Waals surface area contributed by atoms with E-state index in [1.165, 1.54) is 0 Å². The fraction of sp³-hybridized carbons (Fsp3) is 0.467. The Kier molecular flexibility index (Phi) is 6.56. The van der Waals surface area contributed by atoms with Gasteiger partial charge >= 0.3 is 5.97 Å². The van der Waals surface area contributed by atoms with Gasteiger partial charge < -0.3 is 15.2 Å². The molecule has 0 fully saturated rings. The summed E-state index contributed by atoms with van der Waals surface area (Å²) in [5.74, 6) is -0.0750. The number of rotatable bonds is 6. The predicted molar refractivity (Wildman–Crippen MR) is 78.1 cm³/mol. The van der Waals surface area contributed by atoms with Crippen molar-refractivity contribution in [2.45, 2.75) is 33.4 Å². The van der Waals surface area contributed by atoms with Gasteiger partial charge in [0.2, 0.25) is 0 Å². The van der Waals surface area contributed by atoms with Gasteiger partial charge in [0.05, 0.1) is 6.61 Å². The smallest absolute Gasteiger partial charge is 0.331 e. The van der Waals surface area contributed by atoms with Crippen LogP contribution >= 0.6 is 0 Å². The lowest BCUT2D eigenvalue weighted by molar-refractivity contribution is -0.146. The minimum Gasteiger partial charge on any atom is -0.465 e. The summed E-state index contributed by atoms with van der Waals surface area (Å²) in [5.41, 5.74) is 6.52. The highest BCUT2D eigenvalue weighted by Crippen LogP contribution is 2.03. The molecular formula is C15H22N2O3. The summed E-state index contributed by atoms with van der Waals surface area (Å²) in [4.78, 5) is 15.7. The van der Waals surface area contributed by atoms with Gasteiger partial charge in [-0.15, -0.1) is 0 Å². The molecular weight excluding hydrogens is 256 g/mol. The molecule has 0 radical (unpaired) electrons. The minimum absolute atomic E-state index is 0.0165. The minimum atomic E-state index is -0.675. The number of carbonyl (C=O) groups is 1. The van der Waals surface area contributed by atoms with E-state index in [1.54, 1.807) is 6.92 Å². The summed E-state index contributed by atoms with van der Waals surface area (Å²) in [5, 5.41) is 0. The first kappa shape index (κ1) is 16.0. The van der Waals surface area contributed by atoms with Gasteiger partial charge in [-0.05, 0) is 18.4 Å². The van der Waals surface area contributed by atoms with Crippen LogP contribution < -0.4 is 5.73 Å². The van der Waals surface area contributed by atoms with Crippen LogP contribution in [0.25, 0.3) is 0 Å². The molecule has 0 spiro atoms. The first-order chi connectivity index (χ1) is 9.49. The maximum Gasteiger partial charge on any atom is 0.331 e. The molecule has 5 heteroatoms. The van der Waals surface area contributed by atoms with E-state index in [1.807, 2.05) is 44.2 Å². The molecule has 0 saturated carbocycles. The Morgan fingerprint density at radius 2 is 1.85 bits per heavy atom. The first-order valence-electron chi connectivity index (χ1n) is 6.65. The Morgan fingerprint density at radius 1 is 1.20 bits per heavy atom. The molecule has 2 N–H and O–H groups in total. The predicted octanol–water partition coefficient (Wildman–Crippen LogP) is 2.11. The van der Waals surface area contributed by atoms with E-state index < -0.39 is 12.0 Å². The van der Waals surface area contributed by atoms with Crippen molar-refractivity contribution in [3.8, 4) is 0 Å². The first-order valence-corrected chi connectivity index (χ1v) is 6.65. The molecule has 1 aromatic rings. The number of aliphatic imine (C=N–C) groups is 1. The number of esters is 1. The fourth-order valence-corrected chi connectivity index (χ4v) is 1.38. The number of amidine groups is 1. The number of hydrogen-bond donors (Lipinski definition) is 1. The summed E-state index contributed by atoms with van der Waals surface area (Å²) in [6, 6.07) is 8.81. The third kappa shape index (κ3) is 6.22. The van der Waals surface area contributed by atoms with Crippen LogP contribution in [0.5, 0.6) is 0 Å². The van der Waals surface area contributed by atoms with Crippen LogP contribution in [-0.2, 0) is 20.9 Å². The van der Waals surface area contributed by atoms with Gasteiger partial charge in [-0.25, -0.2) is 9.79 Å². The van der Waals surface area contributed by atoms with E-state index in [2.05, 4.69) is 4.99 Å². The van der Waals surface area contributed by atoms with Crippen LogP contribution in [0.1, 0.15) is 26.3 Å². The average molecular weight is 278 g/mol. The number of benzene rings is 1. The lowest BCUT2D eigenvalue weighted by atomic mass is 10.2. The molecule has 1 rings (SSSR count). The second kappa shape index (κ2) is 8.19. The highest BCUT2D eigenvalue weighted by atomic mass is 16.5. The lowest BCUT2D eigenvalue weighted by Gasteiger charge is -2.11. The largest absolute Gasteiger partial charge is 0.465 e. The van der Waals surface area contributed by atoms with Crippen LogP contribution in [-0.4, -0.2) is 24.6 Å². The van der Waals surface area contributed by atoms with Crippen molar-refractivity contribution in [2.75, 3.05) is 6.61 Å². The summed E-state index contributed by atoms with van der Waals surface area (Å²) < 4.78 is 10.4. The molecule has 1 atom stereocenters. The number of nitrogens with two attached hydrogens (primary N) is 1. The molecule has 0 aliphatic rings. The SMILES string of the molecule is CC(C)COC(N)=NC(C)C(=O)OCc1ccccc1. The zero-order chi connectivity index (χ0) is 15.0. The van der Waals surface area contributed by atoms with E-state index >= 15 is 0 Å². The summed E-state index contributed by atoms with van der Waals surface area (Å²) in [6.45, 7) is 6.34. The standard InChI is InChI=1S/C15H22N2O3/c1-11(2)9-20-15(16)17-12(3)14(18)19-10-13-7-5-4-6-8-13/h4-8,11-12H,9-10H2,1-3H3,(H2,16,17). The maximum absolute atomic E-state index is 11.7. The maximum atomic E-state index is 11.7. The Morgan fingerprint density at radius 3 is 2.45 bits per heavy atom. The molecule has 0 saturated heterocycles. The van der Waals surface area contributed by atoms with Crippen molar-refractivity contribution < 1.29 is 14.3 Å². The molecule has 110 valence electrons. The number of hydrogen-bond acceptors (Lipinski definition) is 4. The van der Waals surface area contributed by atoms with Crippen molar-refractivity contribution in [1.29, 1.82) is 0 Å². The molecule has 0 aliphatic carbocycles. The third-order valence-corrected chi connectivity index (χ3v) is 2.45. The van der Waals surface area contributed by atoms with Crippen molar-refractivity contribution in [3.63, 3.8) is 0 Å². The van der Waals surface area contributed by atoms with E-state index in [9.17, 15) is 4.79 Å². The van der Waals surface area contributed by atoms with E-state index in [4.69, 9.17) is 15.2 Å². The van der Waals surface area contributed by atoms with Crippen molar-refractivity contribution in [3.05, 3.63) is 35.9 Å². The Hall–Kier alpha value is -2.04. The van der Waals surface area contributed by atoms with E-state index in [-0.39, 0.29) is 12.6 Å². The lowest BCUT2D eigenvalue weighted by Crippen LogP contribution is -2.25. The van der Waals surface area contributed by atoms with Crippen LogP contribution in [0.2, 0.25) is 0 Å². The number of ether oxygens (including phenoxy) is 2. The fourth-order valence-electron chi connectivity index (χ4n) is 1.38. The van der Waals surface area contributed by atoms with Gasteiger partial charge in [0.15, 0.2) is 0 Å². The number of carbonyl (C=O) groups excluding carboxylic acids is 1. The van der Waals surface area contributed by atoms with Gasteiger partial charge in [0.1, 0.15) is 12.6 Å². The average Bonchev–Trinajstić information content (AvgIpc) is 2.43. The highest BCUT2D eigenvalue weighted by molar-refractivity contribution is 5.80. The van der Waals surface area contributed by atoms with Crippen LogP contribution in [0.3, 0.4) is 0 Å². The normalized spacial score (nSPS) is 13.1. The summed E-state index contributed by atoms with van der Waals surface area (Å²) in [7, 11) is 0. The van der Waals surface area contributed by atoms with Crippen LogP contribution in [0, 0.1) is 5.92 Å². The van der Waals surface area contributed by atoms with Crippen molar-refractivity contribution in [1.82, 2.24) is 0 Å². The molecule has 0 bridgehead atoms. The van der Waals surface area contributed by atoms with Crippen LogP contribution in [0.15, 0.2) is 35.3 Å². The third-order valence-electron chi connectivity index (χ3n) is 2.45. The number of nitrogens with zero attached hydrogens (tertiary/aromatic N) is 1. The topological polar surface area (TPSA) is 73.9 Å². The summed E-state index contributed by atoms with van der Waals surface area (Å²) in [6.07, 6.45) is 0. The second-order valence-corrected chi connectivity index (χ2v) is 4.94. The van der Waals surface area contributed by atoms with Crippen molar-refractivity contribution in [2.24, 2.45) is 16.6 Å². The van der Waals surface area contributed by atoms with Gasteiger partial charge in [-0.1, -0.05) is 44.2 Å². The summed E-state index contributed by atoms with van der Waals surface area (Å²) >= 11 is 0. The Balaban J connectivity index is 2.40. The molecule has 0 heterocycles. The Bertz CT molecular complexity index is 444. The molecule has 5 nitrogen and oxygen atoms in total. The molecule has 20 heavy (non-hydrogen) atoms. The molecule has 0 amide bonds. The molecule has 1 unspecified atom stereocenters. The Labute approximate surface area is 119 Å². The highest BCUT2D eigenvalue weighted by Gasteiger charge is 2.14. The van der Waals surface area contributed by atoms with Gasteiger partial charge in [-0.2, -0.15) is 0 Å².